The quantitative estimate of drug-likeness (QED) is 0.887. The molecule has 0 bridgehead atoms. The lowest BCUT2D eigenvalue weighted by Crippen LogP contribution is -2.37. The lowest BCUT2D eigenvalue weighted by atomic mass is 10.1. The Bertz CT molecular complexity index is 567. The molecule has 1 fully saturated rings. The molecule has 2 aliphatic rings. The normalized spacial score (nSPS) is 16.4. The standard InChI is InChI=1S/C15H17NO5/c17-13(18)9-16(8-10-4-5-10)15(19)11-2-1-3-12-14(11)21-7-6-20-12/h1-3,10H,4-9H2,(H,17,18). The summed E-state index contributed by atoms with van der Waals surface area (Å²) < 4.78 is 11.0. The number of nitrogens with zero attached hydrogens (tertiary/aromatic N) is 1. The van der Waals surface area contributed by atoms with Gasteiger partial charge in [-0.3, -0.25) is 9.59 Å². The van der Waals surface area contributed by atoms with Gasteiger partial charge in [-0.1, -0.05) is 6.07 Å². The first-order chi connectivity index (χ1) is 10.1. The Morgan fingerprint density at radius 3 is 2.71 bits per heavy atom. The number of hydrogen-bond acceptors (Lipinski definition) is 4. The molecule has 0 unspecified atom stereocenters. The summed E-state index contributed by atoms with van der Waals surface area (Å²) >= 11 is 0. The van der Waals surface area contributed by atoms with Crippen LogP contribution in [0.1, 0.15) is 23.2 Å². The number of benzene rings is 1. The summed E-state index contributed by atoms with van der Waals surface area (Å²) in [5, 5.41) is 9.00. The van der Waals surface area contributed by atoms with Crippen LogP contribution in [0.4, 0.5) is 0 Å². The summed E-state index contributed by atoms with van der Waals surface area (Å²) in [6.45, 7) is 1.03. The topological polar surface area (TPSA) is 76.1 Å². The highest BCUT2D eigenvalue weighted by atomic mass is 16.6. The van der Waals surface area contributed by atoms with Gasteiger partial charge in [-0.2, -0.15) is 0 Å². The lowest BCUT2D eigenvalue weighted by Gasteiger charge is -2.24. The second-order valence-corrected chi connectivity index (χ2v) is 5.35. The summed E-state index contributed by atoms with van der Waals surface area (Å²) in [5.74, 6) is 0.0522. The fourth-order valence-electron chi connectivity index (χ4n) is 2.41. The zero-order valence-corrected chi connectivity index (χ0v) is 11.6. The number of amides is 1. The van der Waals surface area contributed by atoms with Gasteiger partial charge in [0.05, 0.1) is 5.56 Å². The Kier molecular flexibility index (Phi) is 3.68. The summed E-state index contributed by atoms with van der Waals surface area (Å²) in [6.07, 6.45) is 2.10. The smallest absolute Gasteiger partial charge is 0.323 e. The van der Waals surface area contributed by atoms with E-state index in [0.717, 1.165) is 12.8 Å². The molecular weight excluding hydrogens is 274 g/mol. The molecule has 0 spiro atoms. The van der Waals surface area contributed by atoms with Gasteiger partial charge >= 0.3 is 5.97 Å². The average Bonchev–Trinajstić information content (AvgIpc) is 3.29. The predicted octanol–water partition coefficient (Wildman–Crippen LogP) is 1.39. The van der Waals surface area contributed by atoms with Crippen LogP contribution in [0.5, 0.6) is 11.5 Å². The van der Waals surface area contributed by atoms with Gasteiger partial charge in [-0.25, -0.2) is 0 Å². The zero-order chi connectivity index (χ0) is 14.8. The first kappa shape index (κ1) is 13.7. The highest BCUT2D eigenvalue weighted by molar-refractivity contribution is 5.99. The molecule has 1 aliphatic heterocycles. The van der Waals surface area contributed by atoms with E-state index in [1.54, 1.807) is 18.2 Å². The van der Waals surface area contributed by atoms with E-state index in [4.69, 9.17) is 14.6 Å². The number of aliphatic carboxylic acids is 1. The second-order valence-electron chi connectivity index (χ2n) is 5.35. The molecule has 0 aromatic heterocycles. The van der Waals surface area contributed by atoms with Gasteiger partial charge in [0.25, 0.3) is 5.91 Å². The molecular formula is C15H17NO5. The molecule has 3 rings (SSSR count). The minimum absolute atomic E-state index is 0.292. The number of rotatable bonds is 5. The van der Waals surface area contributed by atoms with Crippen LogP contribution in [-0.2, 0) is 4.79 Å². The molecule has 1 aliphatic carbocycles. The van der Waals surface area contributed by atoms with Crippen LogP contribution in [0.3, 0.4) is 0 Å². The Morgan fingerprint density at radius 1 is 1.24 bits per heavy atom. The SMILES string of the molecule is O=C(O)CN(CC1CC1)C(=O)c1cccc2c1OCCO2. The molecule has 1 saturated carbocycles. The van der Waals surface area contributed by atoms with Crippen molar-refractivity contribution in [1.29, 1.82) is 0 Å². The highest BCUT2D eigenvalue weighted by Gasteiger charge is 2.30. The maximum atomic E-state index is 12.6. The van der Waals surface area contributed by atoms with Crippen LogP contribution < -0.4 is 9.47 Å². The van der Waals surface area contributed by atoms with Crippen LogP contribution >= 0.6 is 0 Å². The minimum atomic E-state index is -1.01. The molecule has 0 atom stereocenters. The Balaban J connectivity index is 1.86. The summed E-state index contributed by atoms with van der Waals surface area (Å²) in [4.78, 5) is 25.0. The molecule has 6 heteroatoms. The van der Waals surface area contributed by atoms with Crippen molar-refractivity contribution < 1.29 is 24.2 Å². The molecule has 6 nitrogen and oxygen atoms in total. The summed E-state index contributed by atoms with van der Waals surface area (Å²) in [5.41, 5.74) is 0.370. The van der Waals surface area contributed by atoms with Crippen molar-refractivity contribution in [2.75, 3.05) is 26.3 Å². The first-order valence-electron chi connectivity index (χ1n) is 7.05. The van der Waals surface area contributed by atoms with Crippen LogP contribution in [0.15, 0.2) is 18.2 Å². The van der Waals surface area contributed by atoms with Crippen molar-refractivity contribution in [2.45, 2.75) is 12.8 Å². The number of para-hydroxylation sites is 1. The van der Waals surface area contributed by atoms with Gasteiger partial charge in [0.15, 0.2) is 11.5 Å². The molecule has 112 valence electrons. The van der Waals surface area contributed by atoms with Crippen molar-refractivity contribution in [2.24, 2.45) is 5.92 Å². The van der Waals surface area contributed by atoms with E-state index >= 15 is 0 Å². The van der Waals surface area contributed by atoms with E-state index in [-0.39, 0.29) is 12.5 Å². The van der Waals surface area contributed by atoms with Gasteiger partial charge in [0.1, 0.15) is 19.8 Å². The van der Waals surface area contributed by atoms with Crippen LogP contribution in [0.2, 0.25) is 0 Å². The van der Waals surface area contributed by atoms with E-state index in [2.05, 4.69) is 0 Å². The molecule has 1 heterocycles. The number of hydrogen-bond donors (Lipinski definition) is 1. The lowest BCUT2D eigenvalue weighted by molar-refractivity contribution is -0.137. The van der Waals surface area contributed by atoms with Crippen molar-refractivity contribution in [3.05, 3.63) is 23.8 Å². The highest BCUT2D eigenvalue weighted by Crippen LogP contribution is 2.35. The van der Waals surface area contributed by atoms with Crippen molar-refractivity contribution in [3.63, 3.8) is 0 Å². The van der Waals surface area contributed by atoms with E-state index < -0.39 is 5.97 Å². The van der Waals surface area contributed by atoms with Gasteiger partial charge in [0.2, 0.25) is 0 Å². The van der Waals surface area contributed by atoms with Crippen LogP contribution in [0, 0.1) is 5.92 Å². The van der Waals surface area contributed by atoms with Crippen molar-refractivity contribution in [3.8, 4) is 11.5 Å². The fraction of sp³-hybridized carbons (Fsp3) is 0.467. The number of ether oxygens (including phenoxy) is 2. The monoisotopic (exact) mass is 291 g/mol. The number of carbonyl (C=O) groups excluding carboxylic acids is 1. The third kappa shape index (κ3) is 3.09. The number of fused-ring (bicyclic) bond motifs is 1. The number of carboxylic acid groups (broad SMARTS) is 1. The van der Waals surface area contributed by atoms with Crippen LogP contribution in [0.25, 0.3) is 0 Å². The molecule has 1 N–H and O–H groups in total. The predicted molar refractivity (Wildman–Crippen MR) is 73.7 cm³/mol. The first-order valence-corrected chi connectivity index (χ1v) is 7.05. The third-order valence-electron chi connectivity index (χ3n) is 3.59. The zero-order valence-electron chi connectivity index (χ0n) is 11.6. The minimum Gasteiger partial charge on any atom is -0.486 e. The Hall–Kier alpha value is -2.24. The molecule has 21 heavy (non-hydrogen) atoms. The largest absolute Gasteiger partial charge is 0.486 e. The molecule has 1 aromatic carbocycles. The van der Waals surface area contributed by atoms with Gasteiger partial charge in [0, 0.05) is 6.54 Å². The van der Waals surface area contributed by atoms with E-state index in [9.17, 15) is 9.59 Å². The van der Waals surface area contributed by atoms with Crippen molar-refractivity contribution >= 4 is 11.9 Å². The third-order valence-corrected chi connectivity index (χ3v) is 3.59. The van der Waals surface area contributed by atoms with E-state index in [1.165, 1.54) is 4.90 Å². The second kappa shape index (κ2) is 5.63. The molecule has 0 radical (unpaired) electrons. The molecule has 0 saturated heterocycles. The maximum Gasteiger partial charge on any atom is 0.323 e. The summed E-state index contributed by atoms with van der Waals surface area (Å²) in [7, 11) is 0. The Labute approximate surface area is 122 Å². The maximum absolute atomic E-state index is 12.6. The van der Waals surface area contributed by atoms with Crippen molar-refractivity contribution in [1.82, 2.24) is 4.90 Å². The average molecular weight is 291 g/mol. The molecule has 1 aromatic rings. The van der Waals surface area contributed by atoms with Gasteiger partial charge in [-0.15, -0.1) is 0 Å². The van der Waals surface area contributed by atoms with Gasteiger partial charge < -0.3 is 19.5 Å². The Morgan fingerprint density at radius 2 is 2.00 bits per heavy atom. The summed E-state index contributed by atoms with van der Waals surface area (Å²) in [6, 6.07) is 5.11. The van der Waals surface area contributed by atoms with Gasteiger partial charge in [-0.05, 0) is 30.9 Å². The number of carboxylic acids is 1. The number of carbonyl (C=O) groups is 2. The fourth-order valence-corrected chi connectivity index (χ4v) is 2.41. The van der Waals surface area contributed by atoms with E-state index in [0.29, 0.717) is 42.7 Å². The molecule has 1 amide bonds. The van der Waals surface area contributed by atoms with Crippen LogP contribution in [-0.4, -0.2) is 48.2 Å². The van der Waals surface area contributed by atoms with E-state index in [1.807, 2.05) is 0 Å².